The molecule has 0 saturated carbocycles. The summed E-state index contributed by atoms with van der Waals surface area (Å²) >= 11 is 1.27. The number of benzene rings is 2. The van der Waals surface area contributed by atoms with E-state index in [2.05, 4.69) is 15.1 Å². The molecule has 9 heteroatoms. The molecule has 30 heavy (non-hydrogen) atoms. The van der Waals surface area contributed by atoms with E-state index in [1.54, 1.807) is 35.8 Å². The van der Waals surface area contributed by atoms with E-state index in [-0.39, 0.29) is 11.7 Å². The molecule has 2 aromatic heterocycles. The van der Waals surface area contributed by atoms with Crippen LogP contribution in [0.1, 0.15) is 16.2 Å². The zero-order valence-electron chi connectivity index (χ0n) is 16.7. The number of methoxy groups -OCH3 is 1. The summed E-state index contributed by atoms with van der Waals surface area (Å²) in [5, 5.41) is 5.91. The summed E-state index contributed by atoms with van der Waals surface area (Å²) in [4.78, 5) is 35.5. The van der Waals surface area contributed by atoms with Gasteiger partial charge in [-0.05, 0) is 31.2 Å². The third kappa shape index (κ3) is 3.59. The van der Waals surface area contributed by atoms with Crippen LogP contribution in [0.5, 0.6) is 0 Å². The predicted molar refractivity (Wildman–Crippen MR) is 115 cm³/mol. The molecule has 8 nitrogen and oxygen atoms in total. The van der Waals surface area contributed by atoms with Crippen LogP contribution in [0.25, 0.3) is 16.6 Å². The fraction of sp³-hybridized carbons (Fsp3) is 0.190. The summed E-state index contributed by atoms with van der Waals surface area (Å²) in [7, 11) is 2.95. The third-order valence-electron chi connectivity index (χ3n) is 4.62. The smallest absolute Gasteiger partial charge is 0.339 e. The lowest BCUT2D eigenvalue weighted by molar-refractivity contribution is -0.115. The van der Waals surface area contributed by atoms with Crippen molar-refractivity contribution in [3.05, 3.63) is 59.9 Å². The number of fused-ring (bicyclic) bond motifs is 3. The van der Waals surface area contributed by atoms with Gasteiger partial charge in [0.15, 0.2) is 10.8 Å². The lowest BCUT2D eigenvalue weighted by Crippen LogP contribution is -2.29. The number of nitrogens with zero attached hydrogens (tertiary/aromatic N) is 5. The Bertz CT molecular complexity index is 1270. The zero-order valence-corrected chi connectivity index (χ0v) is 17.5. The maximum Gasteiger partial charge on any atom is 0.339 e. The van der Waals surface area contributed by atoms with Gasteiger partial charge in [0.25, 0.3) is 0 Å². The molecule has 1 amide bonds. The van der Waals surface area contributed by atoms with Crippen molar-refractivity contribution in [3.8, 4) is 0 Å². The maximum atomic E-state index is 12.9. The molecule has 0 aliphatic rings. The fourth-order valence-corrected chi connectivity index (χ4v) is 3.99. The van der Waals surface area contributed by atoms with Crippen LogP contribution in [0.2, 0.25) is 0 Å². The van der Waals surface area contributed by atoms with Gasteiger partial charge < -0.3 is 9.64 Å². The van der Waals surface area contributed by atoms with Crippen LogP contribution in [0.3, 0.4) is 0 Å². The lowest BCUT2D eigenvalue weighted by Gasteiger charge is -2.19. The SMILES string of the molecule is COC(=O)c1ccccc1N(C)C(=O)CSc1nc2ccccc2c2nc(C)nn12. The molecule has 152 valence electrons. The largest absolute Gasteiger partial charge is 0.465 e. The molecule has 0 bridgehead atoms. The van der Waals surface area contributed by atoms with Gasteiger partial charge in [-0.1, -0.05) is 36.0 Å². The number of amides is 1. The topological polar surface area (TPSA) is 89.7 Å². The average Bonchev–Trinajstić information content (AvgIpc) is 3.18. The molecule has 2 heterocycles. The van der Waals surface area contributed by atoms with Gasteiger partial charge in [-0.2, -0.15) is 4.52 Å². The van der Waals surface area contributed by atoms with Crippen molar-refractivity contribution in [1.82, 2.24) is 19.6 Å². The highest BCUT2D eigenvalue weighted by Crippen LogP contribution is 2.25. The van der Waals surface area contributed by atoms with E-state index in [4.69, 9.17) is 4.74 Å². The molecule has 4 rings (SSSR count). The van der Waals surface area contributed by atoms with E-state index < -0.39 is 5.97 Å². The summed E-state index contributed by atoms with van der Waals surface area (Å²) in [6, 6.07) is 14.5. The average molecular weight is 421 g/mol. The number of carbonyl (C=O) groups excluding carboxylic acids is 2. The van der Waals surface area contributed by atoms with E-state index in [0.717, 1.165) is 10.9 Å². The van der Waals surface area contributed by atoms with Crippen molar-refractivity contribution < 1.29 is 14.3 Å². The molecule has 0 unspecified atom stereocenters. The van der Waals surface area contributed by atoms with Gasteiger partial charge >= 0.3 is 5.97 Å². The standard InChI is InChI=1S/C21H19N5O3S/c1-13-22-19-14-8-4-6-10-16(14)23-21(26(19)24-13)30-12-18(27)25(2)17-11-7-5-9-15(17)20(28)29-3/h4-11H,12H2,1-3H3. The Kier molecular flexibility index (Phi) is 5.37. The first-order chi connectivity index (χ1) is 14.5. The molecule has 4 aromatic rings. The Labute approximate surface area is 176 Å². The highest BCUT2D eigenvalue weighted by Gasteiger charge is 2.20. The Morgan fingerprint density at radius 3 is 2.63 bits per heavy atom. The van der Waals surface area contributed by atoms with E-state index in [9.17, 15) is 9.59 Å². The van der Waals surface area contributed by atoms with Crippen molar-refractivity contribution in [1.29, 1.82) is 0 Å². The molecule has 0 aliphatic heterocycles. The van der Waals surface area contributed by atoms with Crippen LogP contribution in [-0.2, 0) is 9.53 Å². The maximum absolute atomic E-state index is 12.9. The van der Waals surface area contributed by atoms with Gasteiger partial charge in [0, 0.05) is 12.4 Å². The number of rotatable bonds is 5. The minimum Gasteiger partial charge on any atom is -0.465 e. The first-order valence-corrected chi connectivity index (χ1v) is 10.2. The molecule has 0 radical (unpaired) electrons. The number of hydrogen-bond donors (Lipinski definition) is 0. The van der Waals surface area contributed by atoms with E-state index in [1.807, 2.05) is 31.2 Å². The van der Waals surface area contributed by atoms with E-state index in [0.29, 0.717) is 27.9 Å². The van der Waals surface area contributed by atoms with Gasteiger partial charge in [-0.25, -0.2) is 14.8 Å². The first kappa shape index (κ1) is 19.8. The van der Waals surface area contributed by atoms with Crippen LogP contribution < -0.4 is 4.90 Å². The Balaban J connectivity index is 1.61. The monoisotopic (exact) mass is 421 g/mol. The number of anilines is 1. The number of aryl methyl sites for hydroxylation is 1. The second-order valence-corrected chi connectivity index (χ2v) is 7.50. The first-order valence-electron chi connectivity index (χ1n) is 9.18. The van der Waals surface area contributed by atoms with Gasteiger partial charge in [0.05, 0.1) is 29.6 Å². The Morgan fingerprint density at radius 1 is 1.10 bits per heavy atom. The van der Waals surface area contributed by atoms with Crippen molar-refractivity contribution >= 4 is 45.9 Å². The van der Waals surface area contributed by atoms with Crippen LogP contribution >= 0.6 is 11.8 Å². The summed E-state index contributed by atoms with van der Waals surface area (Å²) in [6.45, 7) is 1.82. The normalized spacial score (nSPS) is 11.0. The summed E-state index contributed by atoms with van der Waals surface area (Å²) in [5.41, 5.74) is 2.32. The number of hydrogen-bond acceptors (Lipinski definition) is 7. The van der Waals surface area contributed by atoms with Gasteiger partial charge in [-0.15, -0.1) is 5.10 Å². The number of aromatic nitrogens is 4. The van der Waals surface area contributed by atoms with Crippen LogP contribution in [0.4, 0.5) is 5.69 Å². The second-order valence-electron chi connectivity index (χ2n) is 6.56. The number of carbonyl (C=O) groups is 2. The second kappa shape index (κ2) is 8.11. The van der Waals surface area contributed by atoms with Gasteiger partial charge in [0.1, 0.15) is 5.82 Å². The van der Waals surface area contributed by atoms with Gasteiger partial charge in [-0.3, -0.25) is 4.79 Å². The lowest BCUT2D eigenvalue weighted by atomic mass is 10.1. The Hall–Kier alpha value is -3.46. The van der Waals surface area contributed by atoms with E-state index >= 15 is 0 Å². The van der Waals surface area contributed by atoms with Crippen LogP contribution in [0.15, 0.2) is 53.7 Å². The molecular weight excluding hydrogens is 402 g/mol. The molecule has 0 spiro atoms. The third-order valence-corrected chi connectivity index (χ3v) is 5.54. The van der Waals surface area contributed by atoms with Crippen molar-refractivity contribution in [2.75, 3.05) is 24.8 Å². The minimum atomic E-state index is -0.492. The van der Waals surface area contributed by atoms with Gasteiger partial charge in [0.2, 0.25) is 5.91 Å². The number of esters is 1. The van der Waals surface area contributed by atoms with Crippen molar-refractivity contribution in [3.63, 3.8) is 0 Å². The quantitative estimate of drug-likeness (QED) is 0.278. The highest BCUT2D eigenvalue weighted by molar-refractivity contribution is 7.99. The zero-order chi connectivity index (χ0) is 21.3. The molecular formula is C21H19N5O3S. The molecule has 0 N–H and O–H groups in total. The summed E-state index contributed by atoms with van der Waals surface area (Å²) < 4.78 is 6.48. The number of thioether (sulfide) groups is 1. The molecule has 0 fully saturated rings. The molecule has 0 saturated heterocycles. The summed E-state index contributed by atoms with van der Waals surface area (Å²) in [5.74, 6) is 0.0707. The van der Waals surface area contributed by atoms with Crippen molar-refractivity contribution in [2.45, 2.75) is 12.1 Å². The highest BCUT2D eigenvalue weighted by atomic mass is 32.2. The molecule has 0 aliphatic carbocycles. The number of ether oxygens (including phenoxy) is 1. The van der Waals surface area contributed by atoms with Crippen molar-refractivity contribution in [2.24, 2.45) is 0 Å². The van der Waals surface area contributed by atoms with Crippen LogP contribution in [0, 0.1) is 6.92 Å². The summed E-state index contributed by atoms with van der Waals surface area (Å²) in [6.07, 6.45) is 0. The van der Waals surface area contributed by atoms with E-state index in [1.165, 1.54) is 23.8 Å². The predicted octanol–water partition coefficient (Wildman–Crippen LogP) is 3.13. The Morgan fingerprint density at radius 2 is 1.83 bits per heavy atom. The minimum absolute atomic E-state index is 0.116. The number of para-hydroxylation sites is 2. The fourth-order valence-electron chi connectivity index (χ4n) is 3.13. The van der Waals surface area contributed by atoms with Crippen LogP contribution in [-0.4, -0.2) is 51.4 Å². The molecule has 0 atom stereocenters. The molecule has 2 aromatic carbocycles.